The minimum Gasteiger partial charge on any atom is -0.481 e. The van der Waals surface area contributed by atoms with E-state index >= 15 is 0 Å². The number of carboxylic acids is 2. The van der Waals surface area contributed by atoms with Gasteiger partial charge in [-0.3, -0.25) is 9.59 Å². The van der Waals surface area contributed by atoms with Crippen molar-refractivity contribution >= 4 is 11.9 Å². The maximum Gasteiger partial charge on any atom is 0.307 e. The highest BCUT2D eigenvalue weighted by molar-refractivity contribution is 5.77. The van der Waals surface area contributed by atoms with Gasteiger partial charge in [-0.25, -0.2) is 0 Å². The molecule has 198 valence electrons. The average Bonchev–Trinajstić information content (AvgIpc) is 2.80. The van der Waals surface area contributed by atoms with Gasteiger partial charge in [-0.05, 0) is 19.3 Å². The van der Waals surface area contributed by atoms with Gasteiger partial charge in [0.25, 0.3) is 0 Å². The fraction of sp³-hybridized carbons (Fsp3) is 0.800. The van der Waals surface area contributed by atoms with Gasteiger partial charge in [-0.1, -0.05) is 147 Å². The van der Waals surface area contributed by atoms with Crippen LogP contribution in [0.2, 0.25) is 0 Å². The molecule has 4 heteroatoms. The Hall–Kier alpha value is -1.58. The zero-order chi connectivity index (χ0) is 25.1. The van der Waals surface area contributed by atoms with E-state index in [-0.39, 0.29) is 12.8 Å². The lowest BCUT2D eigenvalue weighted by Gasteiger charge is -2.05. The lowest BCUT2D eigenvalue weighted by molar-refractivity contribution is -0.148. The number of hydrogen-bond donors (Lipinski definition) is 2. The van der Waals surface area contributed by atoms with Crippen molar-refractivity contribution in [2.24, 2.45) is 5.92 Å². The van der Waals surface area contributed by atoms with Crippen molar-refractivity contribution in [3.8, 4) is 0 Å². The molecule has 0 spiro atoms. The number of allylic oxidation sites excluding steroid dienone is 4. The van der Waals surface area contributed by atoms with E-state index in [0.29, 0.717) is 0 Å². The smallest absolute Gasteiger partial charge is 0.307 e. The van der Waals surface area contributed by atoms with Gasteiger partial charge in [-0.2, -0.15) is 0 Å². The highest BCUT2D eigenvalue weighted by Gasteiger charge is 2.18. The van der Waals surface area contributed by atoms with Crippen LogP contribution in [0, 0.1) is 5.92 Å². The van der Waals surface area contributed by atoms with Gasteiger partial charge in [0, 0.05) is 0 Å². The Kier molecular flexibility index (Phi) is 24.8. The Morgan fingerprint density at radius 1 is 0.588 bits per heavy atom. The Bertz CT molecular complexity index is 524. The van der Waals surface area contributed by atoms with Gasteiger partial charge in [0.05, 0.1) is 12.3 Å². The molecule has 2 N–H and O–H groups in total. The topological polar surface area (TPSA) is 74.6 Å². The fourth-order valence-electron chi connectivity index (χ4n) is 4.32. The third-order valence-electron chi connectivity index (χ3n) is 6.55. The molecule has 4 nitrogen and oxygen atoms in total. The average molecular weight is 479 g/mol. The van der Waals surface area contributed by atoms with Crippen LogP contribution in [0.4, 0.5) is 0 Å². The first-order valence-electron chi connectivity index (χ1n) is 14.3. The van der Waals surface area contributed by atoms with Crippen molar-refractivity contribution in [1.82, 2.24) is 0 Å². The molecule has 0 aliphatic carbocycles. The third kappa shape index (κ3) is 25.1. The van der Waals surface area contributed by atoms with Crippen molar-refractivity contribution in [1.29, 1.82) is 0 Å². The molecule has 0 aromatic rings. The highest BCUT2D eigenvalue weighted by Crippen LogP contribution is 2.15. The predicted octanol–water partition coefficient (Wildman–Crippen LogP) is 9.49. The summed E-state index contributed by atoms with van der Waals surface area (Å²) in [6.45, 7) is 2.28. The molecule has 0 aromatic carbocycles. The number of carbonyl (C=O) groups is 2. The lowest BCUT2D eigenvalue weighted by Crippen LogP contribution is -2.16. The van der Waals surface area contributed by atoms with E-state index in [0.717, 1.165) is 6.42 Å². The van der Waals surface area contributed by atoms with Crippen LogP contribution in [0.5, 0.6) is 0 Å². The fourth-order valence-corrected chi connectivity index (χ4v) is 4.32. The number of unbranched alkanes of at least 4 members (excludes halogenated alkanes) is 19. The summed E-state index contributed by atoms with van der Waals surface area (Å²) in [6.07, 6.45) is 35.0. The molecule has 1 unspecified atom stereocenters. The summed E-state index contributed by atoms with van der Waals surface area (Å²) in [5, 5.41) is 17.7. The SMILES string of the molecule is CCCCCCCCCCCCCCCCCCCCC/C=C/C=C/CC(CC(=O)O)C(=O)O. The summed E-state index contributed by atoms with van der Waals surface area (Å²) >= 11 is 0. The van der Waals surface area contributed by atoms with Crippen molar-refractivity contribution in [2.75, 3.05) is 0 Å². The Morgan fingerprint density at radius 2 is 0.971 bits per heavy atom. The maximum atomic E-state index is 11.0. The quantitative estimate of drug-likeness (QED) is 0.0958. The van der Waals surface area contributed by atoms with E-state index < -0.39 is 17.9 Å². The van der Waals surface area contributed by atoms with Crippen LogP contribution in [0.3, 0.4) is 0 Å². The molecule has 1 atom stereocenters. The first kappa shape index (κ1) is 32.4. The number of rotatable bonds is 26. The summed E-state index contributed by atoms with van der Waals surface area (Å²) < 4.78 is 0. The molecule has 34 heavy (non-hydrogen) atoms. The van der Waals surface area contributed by atoms with Crippen LogP contribution in [-0.2, 0) is 9.59 Å². The molecule has 0 heterocycles. The summed E-state index contributed by atoms with van der Waals surface area (Å²) in [4.78, 5) is 21.6. The van der Waals surface area contributed by atoms with Gasteiger partial charge in [0.1, 0.15) is 0 Å². The second-order valence-corrected chi connectivity index (χ2v) is 9.88. The van der Waals surface area contributed by atoms with Gasteiger partial charge in [-0.15, -0.1) is 0 Å². The standard InChI is InChI=1S/C30H54O4/c1-2-3-4-5-6-7-8-9-10-11-12-13-14-15-16-17-18-19-20-21-22-23-24-25-26-28(30(33)34)27-29(31)32/h22-25,28H,2-21,26-27H2,1H3,(H,31,32)(H,33,34)/b23-22+,25-24+. The predicted molar refractivity (Wildman–Crippen MR) is 144 cm³/mol. The molecule has 0 saturated carbocycles. The van der Waals surface area contributed by atoms with Crippen LogP contribution in [0.1, 0.15) is 148 Å². The highest BCUT2D eigenvalue weighted by atomic mass is 16.4. The van der Waals surface area contributed by atoms with Crippen LogP contribution in [0.25, 0.3) is 0 Å². The number of hydrogen-bond acceptors (Lipinski definition) is 2. The first-order valence-corrected chi connectivity index (χ1v) is 14.3. The molecular weight excluding hydrogens is 424 g/mol. The monoisotopic (exact) mass is 478 g/mol. The maximum absolute atomic E-state index is 11.0. The van der Waals surface area contributed by atoms with Crippen LogP contribution < -0.4 is 0 Å². The summed E-state index contributed by atoms with van der Waals surface area (Å²) in [5.41, 5.74) is 0. The second kappa shape index (κ2) is 26.0. The van der Waals surface area contributed by atoms with E-state index in [4.69, 9.17) is 10.2 Å². The molecule has 0 rings (SSSR count). The van der Waals surface area contributed by atoms with Crippen LogP contribution in [0.15, 0.2) is 24.3 Å². The Balaban J connectivity index is 3.32. The summed E-state index contributed by atoms with van der Waals surface area (Å²) in [7, 11) is 0. The van der Waals surface area contributed by atoms with E-state index in [9.17, 15) is 9.59 Å². The van der Waals surface area contributed by atoms with Crippen molar-refractivity contribution in [3.05, 3.63) is 24.3 Å². The zero-order valence-corrected chi connectivity index (χ0v) is 22.2. The molecule has 0 fully saturated rings. The van der Waals surface area contributed by atoms with E-state index in [2.05, 4.69) is 13.0 Å². The molecular formula is C30H54O4. The van der Waals surface area contributed by atoms with E-state index in [1.807, 2.05) is 12.2 Å². The van der Waals surface area contributed by atoms with Gasteiger partial charge >= 0.3 is 11.9 Å². The number of carboxylic acid groups (broad SMARTS) is 2. The largest absolute Gasteiger partial charge is 0.481 e. The van der Waals surface area contributed by atoms with Gasteiger partial charge in [0.2, 0.25) is 0 Å². The number of aliphatic carboxylic acids is 2. The third-order valence-corrected chi connectivity index (χ3v) is 6.55. The second-order valence-electron chi connectivity index (χ2n) is 9.88. The molecule has 0 aromatic heterocycles. The van der Waals surface area contributed by atoms with Crippen LogP contribution >= 0.6 is 0 Å². The molecule has 0 aliphatic rings. The molecule has 0 bridgehead atoms. The molecule has 0 aliphatic heterocycles. The molecule has 0 amide bonds. The molecule has 0 radical (unpaired) electrons. The summed E-state index contributed by atoms with van der Waals surface area (Å²) in [6, 6.07) is 0. The van der Waals surface area contributed by atoms with Crippen molar-refractivity contribution in [2.45, 2.75) is 148 Å². The molecule has 0 saturated heterocycles. The lowest BCUT2D eigenvalue weighted by atomic mass is 10.0. The van der Waals surface area contributed by atoms with Gasteiger partial charge < -0.3 is 10.2 Å². The Morgan fingerprint density at radius 3 is 1.35 bits per heavy atom. The zero-order valence-electron chi connectivity index (χ0n) is 22.2. The van der Waals surface area contributed by atoms with Crippen molar-refractivity contribution < 1.29 is 19.8 Å². The van der Waals surface area contributed by atoms with E-state index in [1.165, 1.54) is 122 Å². The van der Waals surface area contributed by atoms with Gasteiger partial charge in [0.15, 0.2) is 0 Å². The van der Waals surface area contributed by atoms with E-state index in [1.54, 1.807) is 6.08 Å². The minimum atomic E-state index is -1.07. The Labute approximate surface area is 210 Å². The normalized spacial score (nSPS) is 12.6. The minimum absolute atomic E-state index is 0.255. The first-order chi connectivity index (χ1) is 16.6. The summed E-state index contributed by atoms with van der Waals surface area (Å²) in [5.74, 6) is -2.97. The van der Waals surface area contributed by atoms with Crippen LogP contribution in [-0.4, -0.2) is 22.2 Å². The van der Waals surface area contributed by atoms with Crippen molar-refractivity contribution in [3.63, 3.8) is 0 Å².